The summed E-state index contributed by atoms with van der Waals surface area (Å²) >= 11 is 3.52. The van der Waals surface area contributed by atoms with Gasteiger partial charge in [0.25, 0.3) is 0 Å². The zero-order chi connectivity index (χ0) is 44.2. The highest BCUT2D eigenvalue weighted by atomic mass is 32.1. The van der Waals surface area contributed by atoms with E-state index >= 15 is 0 Å². The van der Waals surface area contributed by atoms with E-state index in [0.29, 0.717) is 11.1 Å². The van der Waals surface area contributed by atoms with Crippen LogP contribution in [0.1, 0.15) is 103 Å². The van der Waals surface area contributed by atoms with Crippen molar-refractivity contribution in [2.45, 2.75) is 103 Å². The minimum atomic E-state index is -0.294. The lowest BCUT2D eigenvalue weighted by molar-refractivity contribution is 0.398. The fourth-order valence-corrected chi connectivity index (χ4v) is 13.9. The largest absolute Gasteiger partial charge is 0.422 e. The van der Waals surface area contributed by atoms with E-state index in [1.807, 2.05) is 24.3 Å². The molecule has 0 unspecified atom stereocenters. The average Bonchev–Trinajstić information content (AvgIpc) is 3.85. The molecule has 8 heteroatoms. The zero-order valence-electron chi connectivity index (χ0n) is 38.1. The van der Waals surface area contributed by atoms with Gasteiger partial charge in [0.1, 0.15) is 11.2 Å². The van der Waals surface area contributed by atoms with Gasteiger partial charge in [-0.1, -0.05) is 91.8 Å². The lowest BCUT2D eigenvalue weighted by Crippen LogP contribution is -2.44. The highest BCUT2D eigenvalue weighted by Crippen LogP contribution is 2.54. The third kappa shape index (κ3) is 6.00. The van der Waals surface area contributed by atoms with Crippen LogP contribution in [0.5, 0.6) is 0 Å². The van der Waals surface area contributed by atoms with Gasteiger partial charge in [0.05, 0.1) is 11.1 Å². The quantitative estimate of drug-likeness (QED) is 0.164. The molecule has 324 valence electrons. The van der Waals surface area contributed by atoms with Crippen LogP contribution in [0.4, 0.5) is 11.4 Å². The number of hydrogen-bond acceptors (Lipinski definition) is 8. The van der Waals surface area contributed by atoms with Gasteiger partial charge in [-0.15, -0.1) is 22.7 Å². The molecule has 0 bridgehead atoms. The fourth-order valence-electron chi connectivity index (χ4n) is 11.5. The second-order valence-electron chi connectivity index (χ2n) is 21.6. The SMILES string of the molecule is CC1(C)CCN2CCC(C)(C)c3c2c1cc1cc(-c2cccc(-c4cc5sc(-c6cccc(-c7cc8cc9c%10c(c8oc7=O)C(C)(C)CCN%10CCC9(C)C)c6)cc5s4)c2)c(=O)oc31. The van der Waals surface area contributed by atoms with E-state index in [1.54, 1.807) is 22.7 Å². The van der Waals surface area contributed by atoms with Gasteiger partial charge in [-0.05, 0) is 129 Å². The maximum Gasteiger partial charge on any atom is 0.344 e. The summed E-state index contributed by atoms with van der Waals surface area (Å²) in [5.74, 6) is 0. The third-order valence-corrected chi connectivity index (χ3v) is 18.0. The molecule has 4 aliphatic heterocycles. The number of nitrogens with zero attached hydrogens (tertiary/aromatic N) is 2. The molecule has 12 rings (SSSR count). The second kappa shape index (κ2) is 13.6. The van der Waals surface area contributed by atoms with Crippen LogP contribution in [0.2, 0.25) is 0 Å². The Bertz CT molecular complexity index is 3170. The highest BCUT2D eigenvalue weighted by molar-refractivity contribution is 7.31. The Labute approximate surface area is 382 Å². The van der Waals surface area contributed by atoms with Gasteiger partial charge in [0.2, 0.25) is 0 Å². The smallest absolute Gasteiger partial charge is 0.344 e. The summed E-state index contributed by atoms with van der Waals surface area (Å²) in [4.78, 5) is 35.3. The molecule has 0 saturated carbocycles. The first-order valence-corrected chi connectivity index (χ1v) is 24.7. The van der Waals surface area contributed by atoms with Crippen molar-refractivity contribution in [3.05, 3.63) is 128 Å². The summed E-state index contributed by atoms with van der Waals surface area (Å²) in [6, 6.07) is 29.9. The lowest BCUT2D eigenvalue weighted by atomic mass is 9.69. The monoisotopic (exact) mass is 882 g/mol. The van der Waals surface area contributed by atoms with Crippen LogP contribution in [0.15, 0.2) is 103 Å². The average molecular weight is 883 g/mol. The molecule has 0 saturated heterocycles. The molecule has 0 atom stereocenters. The van der Waals surface area contributed by atoms with Crippen LogP contribution in [0.25, 0.3) is 74.5 Å². The first kappa shape index (κ1) is 40.1. The van der Waals surface area contributed by atoms with E-state index in [4.69, 9.17) is 8.83 Å². The number of anilines is 2. The minimum absolute atomic E-state index is 0.0365. The Morgan fingerprint density at radius 2 is 0.844 bits per heavy atom. The van der Waals surface area contributed by atoms with Gasteiger partial charge in [0.15, 0.2) is 0 Å². The molecule has 64 heavy (non-hydrogen) atoms. The summed E-state index contributed by atoms with van der Waals surface area (Å²) in [6.45, 7) is 22.7. The van der Waals surface area contributed by atoms with Crippen LogP contribution in [-0.4, -0.2) is 26.2 Å². The van der Waals surface area contributed by atoms with Gasteiger partial charge in [-0.2, -0.15) is 0 Å². The molecule has 4 aliphatic rings. The molecule has 0 radical (unpaired) electrons. The van der Waals surface area contributed by atoms with Crippen LogP contribution >= 0.6 is 22.7 Å². The number of hydrogen-bond donors (Lipinski definition) is 0. The molecule has 8 aromatic rings. The van der Waals surface area contributed by atoms with Gasteiger partial charge >= 0.3 is 11.3 Å². The van der Waals surface area contributed by atoms with Crippen molar-refractivity contribution >= 4 is 65.4 Å². The normalized spacial score (nSPS) is 19.0. The Morgan fingerprint density at radius 1 is 0.469 bits per heavy atom. The van der Waals surface area contributed by atoms with E-state index in [1.165, 1.54) is 43.0 Å². The molecular weight excluding hydrogens is 829 g/mol. The fraction of sp³-hybridized carbons (Fsp3) is 0.357. The second-order valence-corrected chi connectivity index (χ2v) is 23.8. The predicted molar refractivity (Wildman–Crippen MR) is 269 cm³/mol. The van der Waals surface area contributed by atoms with Gasteiger partial charge in [-0.3, -0.25) is 0 Å². The van der Waals surface area contributed by atoms with E-state index in [0.717, 1.165) is 106 Å². The van der Waals surface area contributed by atoms with E-state index in [2.05, 4.69) is 126 Å². The van der Waals surface area contributed by atoms with Crippen molar-refractivity contribution < 1.29 is 8.83 Å². The summed E-state index contributed by atoms with van der Waals surface area (Å²) in [6.07, 6.45) is 4.26. The van der Waals surface area contributed by atoms with Crippen molar-refractivity contribution in [1.82, 2.24) is 0 Å². The molecule has 6 nitrogen and oxygen atoms in total. The summed E-state index contributed by atoms with van der Waals surface area (Å²) in [5.41, 5.74) is 13.5. The minimum Gasteiger partial charge on any atom is -0.422 e. The molecule has 4 aromatic carbocycles. The van der Waals surface area contributed by atoms with Crippen molar-refractivity contribution in [3.8, 4) is 43.1 Å². The van der Waals surface area contributed by atoms with E-state index in [9.17, 15) is 9.59 Å². The van der Waals surface area contributed by atoms with Gasteiger partial charge in [-0.25, -0.2) is 9.59 Å². The molecule has 0 amide bonds. The van der Waals surface area contributed by atoms with Crippen LogP contribution < -0.4 is 21.1 Å². The van der Waals surface area contributed by atoms with Crippen molar-refractivity contribution in [3.63, 3.8) is 0 Å². The molecule has 4 aromatic heterocycles. The summed E-state index contributed by atoms with van der Waals surface area (Å²) in [7, 11) is 0. The molecule has 0 fully saturated rings. The Morgan fingerprint density at radius 3 is 1.25 bits per heavy atom. The van der Waals surface area contributed by atoms with Gasteiger partial charge < -0.3 is 18.6 Å². The standard InChI is InChI=1S/C56H54N2O4S2/c1-53(2)15-19-57-21-17-55(5,6)45-47(57)39(53)27-35-25-37(51(59)61-49(35)45)31-11-9-13-33(23-31)41-29-43-44(63-41)30-42(64-43)34-14-10-12-32(24-34)38-26-36-28-40-48-46(50(36)62-52(38)60)56(7,8)18-22-58(48)20-16-54(40,3)4/h9-14,23-30H,15-22H2,1-8H3. The Hall–Kier alpha value is -5.44. The first-order chi connectivity index (χ1) is 30.5. The topological polar surface area (TPSA) is 66.9 Å². The summed E-state index contributed by atoms with van der Waals surface area (Å²) < 4.78 is 15.1. The van der Waals surface area contributed by atoms with Crippen molar-refractivity contribution in [2.75, 3.05) is 36.0 Å². The molecule has 8 heterocycles. The number of benzene rings is 4. The number of rotatable bonds is 4. The van der Waals surface area contributed by atoms with Gasteiger partial charge in [0, 0.05) is 78.6 Å². The third-order valence-electron chi connectivity index (χ3n) is 15.6. The predicted octanol–water partition coefficient (Wildman–Crippen LogP) is 14.2. The van der Waals surface area contributed by atoms with Crippen LogP contribution in [0, 0.1) is 0 Å². The molecule has 0 N–H and O–H groups in total. The highest BCUT2D eigenvalue weighted by Gasteiger charge is 2.43. The van der Waals surface area contributed by atoms with Crippen molar-refractivity contribution in [2.24, 2.45) is 0 Å². The van der Waals surface area contributed by atoms with Crippen molar-refractivity contribution in [1.29, 1.82) is 0 Å². The lowest BCUT2D eigenvalue weighted by Gasteiger charge is -2.48. The Kier molecular flexibility index (Phi) is 8.49. The molecule has 0 spiro atoms. The number of thiophene rings is 2. The summed E-state index contributed by atoms with van der Waals surface area (Å²) in [5, 5.41) is 2.00. The maximum atomic E-state index is 14.0. The zero-order valence-corrected chi connectivity index (χ0v) is 39.7. The molecule has 0 aliphatic carbocycles. The van der Waals surface area contributed by atoms with Crippen LogP contribution in [-0.2, 0) is 21.7 Å². The van der Waals surface area contributed by atoms with Crippen LogP contribution in [0.3, 0.4) is 0 Å². The Balaban J connectivity index is 0.880. The number of fused-ring (bicyclic) bond motifs is 5. The maximum absolute atomic E-state index is 14.0. The first-order valence-electron chi connectivity index (χ1n) is 23.0. The van der Waals surface area contributed by atoms with E-state index < -0.39 is 0 Å². The van der Waals surface area contributed by atoms with E-state index in [-0.39, 0.29) is 32.9 Å². The molecular formula is C56H54N2O4S2.